The van der Waals surface area contributed by atoms with E-state index in [-0.39, 0.29) is 17.7 Å². The summed E-state index contributed by atoms with van der Waals surface area (Å²) in [6.07, 6.45) is 2.76. The highest BCUT2D eigenvalue weighted by Gasteiger charge is 2.37. The zero-order chi connectivity index (χ0) is 18.0. The Hall–Kier alpha value is -2.57. The molecule has 0 saturated carbocycles. The topological polar surface area (TPSA) is 50.9 Å². The molecule has 1 unspecified atom stereocenters. The van der Waals surface area contributed by atoms with Crippen molar-refractivity contribution in [1.29, 1.82) is 0 Å². The van der Waals surface area contributed by atoms with Crippen molar-refractivity contribution < 1.29 is 13.9 Å². The average Bonchev–Trinajstić information content (AvgIpc) is 3.07. The van der Waals surface area contributed by atoms with Crippen molar-refractivity contribution >= 4 is 17.2 Å². The lowest BCUT2D eigenvalue weighted by Crippen LogP contribution is -2.33. The summed E-state index contributed by atoms with van der Waals surface area (Å²) < 4.78 is 29.2. The van der Waals surface area contributed by atoms with Gasteiger partial charge in [-0.25, -0.2) is 8.78 Å². The van der Waals surface area contributed by atoms with E-state index in [4.69, 9.17) is 11.6 Å². The van der Waals surface area contributed by atoms with Gasteiger partial charge in [-0.05, 0) is 29.3 Å². The van der Waals surface area contributed by atoms with Gasteiger partial charge in [0.2, 0.25) is 0 Å². The molecule has 4 nitrogen and oxygen atoms in total. The third-order valence-electron chi connectivity index (χ3n) is 3.95. The summed E-state index contributed by atoms with van der Waals surface area (Å²) in [5.41, 5.74) is -1.36. The molecule has 3 rings (SSSR count). The minimum Gasteiger partial charge on any atom is -0.378 e. The number of rotatable bonds is 5. The Morgan fingerprint density at radius 3 is 2.48 bits per heavy atom. The second kappa shape index (κ2) is 6.74. The molecule has 0 fully saturated rings. The minimum atomic E-state index is -1.88. The van der Waals surface area contributed by atoms with Crippen LogP contribution in [0.1, 0.15) is 11.1 Å². The van der Waals surface area contributed by atoms with Crippen LogP contribution in [0.2, 0.25) is 5.02 Å². The average molecular weight is 362 g/mol. The van der Waals surface area contributed by atoms with Crippen LogP contribution in [0.15, 0.2) is 61.7 Å². The van der Waals surface area contributed by atoms with E-state index in [2.05, 4.69) is 16.8 Å². The molecule has 128 valence electrons. The number of halogens is 3. The van der Waals surface area contributed by atoms with Gasteiger partial charge >= 0.3 is 0 Å². The van der Waals surface area contributed by atoms with Gasteiger partial charge in [0.1, 0.15) is 29.9 Å². The normalized spacial score (nSPS) is 13.4. The van der Waals surface area contributed by atoms with E-state index < -0.39 is 17.2 Å². The fourth-order valence-corrected chi connectivity index (χ4v) is 2.91. The maximum atomic E-state index is 14.4. The van der Waals surface area contributed by atoms with Crippen LogP contribution < -0.4 is 0 Å². The molecular formula is C18H14ClF2N3O. The quantitative estimate of drug-likeness (QED) is 0.751. The van der Waals surface area contributed by atoms with Gasteiger partial charge in [-0.1, -0.05) is 36.4 Å². The summed E-state index contributed by atoms with van der Waals surface area (Å²) in [4.78, 5) is 0. The second-order valence-corrected chi connectivity index (χ2v) is 5.98. The van der Waals surface area contributed by atoms with Crippen molar-refractivity contribution in [3.05, 3.63) is 89.5 Å². The van der Waals surface area contributed by atoms with Crippen LogP contribution in [-0.4, -0.2) is 19.9 Å². The molecule has 2 aromatic carbocycles. The molecule has 25 heavy (non-hydrogen) atoms. The van der Waals surface area contributed by atoms with E-state index >= 15 is 0 Å². The van der Waals surface area contributed by atoms with Gasteiger partial charge < -0.3 is 9.67 Å². The molecule has 0 aliphatic heterocycles. The van der Waals surface area contributed by atoms with Gasteiger partial charge in [-0.2, -0.15) is 0 Å². The lowest BCUT2D eigenvalue weighted by atomic mass is 9.82. The molecule has 0 radical (unpaired) electrons. The molecule has 3 aromatic rings. The molecular weight excluding hydrogens is 348 g/mol. The summed E-state index contributed by atoms with van der Waals surface area (Å²) in [5.74, 6) is -1.62. The van der Waals surface area contributed by atoms with Gasteiger partial charge in [0, 0.05) is 16.7 Å². The zero-order valence-corrected chi connectivity index (χ0v) is 13.8. The first-order valence-corrected chi connectivity index (χ1v) is 7.74. The Morgan fingerprint density at radius 2 is 1.84 bits per heavy atom. The van der Waals surface area contributed by atoms with E-state index in [0.29, 0.717) is 16.7 Å². The summed E-state index contributed by atoms with van der Waals surface area (Å²) in [6.45, 7) is 3.81. The number of aromatic nitrogens is 3. The smallest absolute Gasteiger partial charge is 0.135 e. The van der Waals surface area contributed by atoms with Gasteiger partial charge in [0.25, 0.3) is 0 Å². The molecule has 0 aliphatic rings. The largest absolute Gasteiger partial charge is 0.378 e. The number of benzene rings is 2. The number of nitrogens with zero attached hydrogens (tertiary/aromatic N) is 3. The SMILES string of the molecule is C=C(c1ccccc1Cl)C(O)(Cn1cnnc1)c1ccc(F)cc1F. The van der Waals surface area contributed by atoms with E-state index in [1.807, 2.05) is 0 Å². The Bertz CT molecular complexity index is 914. The van der Waals surface area contributed by atoms with Crippen molar-refractivity contribution in [2.75, 3.05) is 0 Å². The first-order valence-electron chi connectivity index (χ1n) is 7.36. The standard InChI is InChI=1S/C18H14ClF2N3O/c1-12(14-4-2-3-5-16(14)19)18(25,9-24-10-22-23-11-24)15-7-6-13(20)8-17(15)21/h2-8,10-11,25H,1,9H2. The third kappa shape index (κ3) is 3.31. The zero-order valence-electron chi connectivity index (χ0n) is 13.0. The van der Waals surface area contributed by atoms with Gasteiger partial charge in [-0.3, -0.25) is 0 Å². The van der Waals surface area contributed by atoms with E-state index in [9.17, 15) is 13.9 Å². The molecule has 0 amide bonds. The highest BCUT2D eigenvalue weighted by Crippen LogP contribution is 2.40. The van der Waals surface area contributed by atoms with Crippen molar-refractivity contribution in [1.82, 2.24) is 14.8 Å². The molecule has 0 saturated heterocycles. The number of aliphatic hydroxyl groups is 1. The van der Waals surface area contributed by atoms with Crippen LogP contribution in [-0.2, 0) is 12.1 Å². The van der Waals surface area contributed by atoms with Crippen molar-refractivity contribution in [3.63, 3.8) is 0 Å². The first kappa shape index (κ1) is 17.3. The molecule has 7 heteroatoms. The van der Waals surface area contributed by atoms with E-state index in [0.717, 1.165) is 6.07 Å². The molecule has 1 N–H and O–H groups in total. The monoisotopic (exact) mass is 361 g/mol. The fraction of sp³-hybridized carbons (Fsp3) is 0.111. The fourth-order valence-electron chi connectivity index (χ4n) is 2.66. The molecule has 1 aromatic heterocycles. The third-order valence-corrected chi connectivity index (χ3v) is 4.28. The molecule has 0 spiro atoms. The predicted molar refractivity (Wildman–Crippen MR) is 90.8 cm³/mol. The van der Waals surface area contributed by atoms with Gasteiger partial charge in [-0.15, -0.1) is 10.2 Å². The van der Waals surface area contributed by atoms with Crippen LogP contribution in [0.3, 0.4) is 0 Å². The Morgan fingerprint density at radius 1 is 1.16 bits per heavy atom. The van der Waals surface area contributed by atoms with E-state index in [1.54, 1.807) is 24.3 Å². The van der Waals surface area contributed by atoms with Crippen molar-refractivity contribution in [2.45, 2.75) is 12.1 Å². The van der Waals surface area contributed by atoms with Crippen LogP contribution >= 0.6 is 11.6 Å². The maximum absolute atomic E-state index is 14.4. The predicted octanol–water partition coefficient (Wildman–Crippen LogP) is 3.81. The molecule has 0 aliphatic carbocycles. The molecule has 1 atom stereocenters. The lowest BCUT2D eigenvalue weighted by molar-refractivity contribution is 0.0766. The highest BCUT2D eigenvalue weighted by atomic mass is 35.5. The Balaban J connectivity index is 2.15. The summed E-state index contributed by atoms with van der Waals surface area (Å²) >= 11 is 6.20. The van der Waals surface area contributed by atoms with Crippen molar-refractivity contribution in [2.24, 2.45) is 0 Å². The lowest BCUT2D eigenvalue weighted by Gasteiger charge is -2.32. The van der Waals surface area contributed by atoms with Crippen molar-refractivity contribution in [3.8, 4) is 0 Å². The number of hydrogen-bond acceptors (Lipinski definition) is 3. The maximum Gasteiger partial charge on any atom is 0.135 e. The van der Waals surface area contributed by atoms with Crippen LogP contribution in [0.5, 0.6) is 0 Å². The summed E-state index contributed by atoms with van der Waals surface area (Å²) in [5, 5.41) is 19.1. The number of hydrogen-bond donors (Lipinski definition) is 1. The summed E-state index contributed by atoms with van der Waals surface area (Å²) in [7, 11) is 0. The molecule has 1 heterocycles. The summed E-state index contributed by atoms with van der Waals surface area (Å²) in [6, 6.07) is 9.76. The van der Waals surface area contributed by atoms with Crippen LogP contribution in [0.4, 0.5) is 8.78 Å². The highest BCUT2D eigenvalue weighted by molar-refractivity contribution is 6.32. The van der Waals surface area contributed by atoms with Crippen LogP contribution in [0, 0.1) is 11.6 Å². The second-order valence-electron chi connectivity index (χ2n) is 5.58. The minimum absolute atomic E-state index is 0.118. The van der Waals surface area contributed by atoms with E-state index in [1.165, 1.54) is 23.3 Å². The Labute approximate surface area is 148 Å². The Kier molecular flexibility index (Phi) is 4.65. The van der Waals surface area contributed by atoms with Crippen LogP contribution in [0.25, 0.3) is 5.57 Å². The first-order chi connectivity index (χ1) is 11.9. The molecule has 0 bridgehead atoms. The van der Waals surface area contributed by atoms with Gasteiger partial charge in [0.05, 0.1) is 6.54 Å². The van der Waals surface area contributed by atoms with Gasteiger partial charge in [0.15, 0.2) is 0 Å².